The van der Waals surface area contributed by atoms with E-state index in [1.165, 1.54) is 29.0 Å². The lowest BCUT2D eigenvalue weighted by Gasteiger charge is -2.39. The van der Waals surface area contributed by atoms with Crippen LogP contribution in [-0.4, -0.2) is 18.6 Å². The van der Waals surface area contributed by atoms with Crippen LogP contribution in [0.3, 0.4) is 0 Å². The van der Waals surface area contributed by atoms with Gasteiger partial charge >= 0.3 is 5.97 Å². The zero-order chi connectivity index (χ0) is 15.0. The highest BCUT2D eigenvalue weighted by atomic mass is 35.5. The fraction of sp³-hybridized carbons (Fsp3) is 0.389. The molecule has 1 atom stereocenters. The molecular formula is C18H22ClNO2. The molecule has 0 aliphatic carbocycles. The molecule has 2 aromatic carbocycles. The summed E-state index contributed by atoms with van der Waals surface area (Å²) in [6, 6.07) is 12.7. The van der Waals surface area contributed by atoms with Crippen molar-refractivity contribution in [2.45, 2.75) is 38.3 Å². The molecule has 3 rings (SSSR count). The fourth-order valence-electron chi connectivity index (χ4n) is 3.33. The molecule has 1 heterocycles. The van der Waals surface area contributed by atoms with Crippen molar-refractivity contribution in [3.8, 4) is 0 Å². The number of hydrogen-bond donors (Lipinski definition) is 1. The number of nitrogens with one attached hydrogen (secondary N) is 1. The van der Waals surface area contributed by atoms with Crippen molar-refractivity contribution in [2.75, 3.05) is 7.11 Å². The molecule has 0 spiro atoms. The van der Waals surface area contributed by atoms with Gasteiger partial charge in [-0.3, -0.25) is 4.79 Å². The molecule has 22 heavy (non-hydrogen) atoms. The summed E-state index contributed by atoms with van der Waals surface area (Å²) < 4.78 is 4.84. The zero-order valence-corrected chi connectivity index (χ0v) is 14.0. The molecule has 0 radical (unpaired) electrons. The van der Waals surface area contributed by atoms with Gasteiger partial charge in [0.05, 0.1) is 13.5 Å². The number of carbonyl (C=O) groups is 1. The Balaban J connectivity index is 0.00000176. The maximum absolute atomic E-state index is 11.7. The molecule has 0 bridgehead atoms. The number of benzene rings is 2. The molecule has 1 aliphatic heterocycles. The van der Waals surface area contributed by atoms with Gasteiger partial charge in [0.2, 0.25) is 0 Å². The van der Waals surface area contributed by atoms with Crippen molar-refractivity contribution in [1.82, 2.24) is 5.32 Å². The highest BCUT2D eigenvalue weighted by Crippen LogP contribution is 2.36. The van der Waals surface area contributed by atoms with Crippen LogP contribution in [0.4, 0.5) is 0 Å². The van der Waals surface area contributed by atoms with E-state index in [1.807, 2.05) is 0 Å². The fourth-order valence-corrected chi connectivity index (χ4v) is 3.33. The van der Waals surface area contributed by atoms with Crippen molar-refractivity contribution in [3.63, 3.8) is 0 Å². The second-order valence-electron chi connectivity index (χ2n) is 6.39. The molecule has 0 saturated heterocycles. The summed E-state index contributed by atoms with van der Waals surface area (Å²) in [6.07, 6.45) is 1.33. The number of ether oxygens (including phenoxy) is 1. The molecule has 1 N–H and O–H groups in total. The third-order valence-electron chi connectivity index (χ3n) is 4.23. The van der Waals surface area contributed by atoms with E-state index in [9.17, 15) is 4.79 Å². The van der Waals surface area contributed by atoms with Crippen molar-refractivity contribution in [3.05, 3.63) is 47.5 Å². The van der Waals surface area contributed by atoms with Gasteiger partial charge < -0.3 is 10.1 Å². The minimum atomic E-state index is -0.177. The Hall–Kier alpha value is -1.58. The van der Waals surface area contributed by atoms with Crippen molar-refractivity contribution in [1.29, 1.82) is 0 Å². The SMILES string of the molecule is COC(=O)CC1NC(C)(C)Cc2c1ccc1ccccc21.Cl. The van der Waals surface area contributed by atoms with Crippen LogP contribution in [0, 0.1) is 0 Å². The average molecular weight is 320 g/mol. The molecule has 1 unspecified atom stereocenters. The van der Waals surface area contributed by atoms with Crippen LogP contribution in [0.15, 0.2) is 36.4 Å². The summed E-state index contributed by atoms with van der Waals surface area (Å²) in [7, 11) is 1.44. The van der Waals surface area contributed by atoms with Crippen LogP contribution < -0.4 is 5.32 Å². The highest BCUT2D eigenvalue weighted by molar-refractivity contribution is 5.87. The quantitative estimate of drug-likeness (QED) is 0.856. The van der Waals surface area contributed by atoms with Crippen molar-refractivity contribution < 1.29 is 9.53 Å². The second kappa shape index (κ2) is 6.27. The van der Waals surface area contributed by atoms with Gasteiger partial charge in [-0.05, 0) is 42.2 Å². The topological polar surface area (TPSA) is 38.3 Å². The first-order valence-corrected chi connectivity index (χ1v) is 7.35. The predicted molar refractivity (Wildman–Crippen MR) is 91.5 cm³/mol. The first-order valence-electron chi connectivity index (χ1n) is 7.35. The van der Waals surface area contributed by atoms with Gasteiger partial charge in [0.1, 0.15) is 0 Å². The first kappa shape index (κ1) is 16.8. The van der Waals surface area contributed by atoms with E-state index < -0.39 is 0 Å². The van der Waals surface area contributed by atoms with E-state index in [2.05, 4.69) is 55.6 Å². The van der Waals surface area contributed by atoms with Gasteiger partial charge in [0.15, 0.2) is 0 Å². The van der Waals surface area contributed by atoms with Crippen LogP contribution in [0.25, 0.3) is 10.8 Å². The van der Waals surface area contributed by atoms with E-state index >= 15 is 0 Å². The summed E-state index contributed by atoms with van der Waals surface area (Å²) in [5, 5.41) is 6.12. The third kappa shape index (κ3) is 3.11. The number of esters is 1. The Kier molecular flexibility index (Phi) is 4.78. The molecule has 4 heteroatoms. The van der Waals surface area contributed by atoms with E-state index in [0.29, 0.717) is 6.42 Å². The van der Waals surface area contributed by atoms with Gasteiger partial charge in [0.25, 0.3) is 0 Å². The summed E-state index contributed by atoms with van der Waals surface area (Å²) in [4.78, 5) is 11.7. The van der Waals surface area contributed by atoms with Gasteiger partial charge in [-0.15, -0.1) is 12.4 Å². The van der Waals surface area contributed by atoms with Crippen molar-refractivity contribution in [2.24, 2.45) is 0 Å². The minimum Gasteiger partial charge on any atom is -0.469 e. The standard InChI is InChI=1S/C18H21NO2.ClH/c1-18(2)11-15-13-7-5-4-6-12(13)8-9-14(15)16(19-18)10-17(20)21-3;/h4-9,16,19H,10-11H2,1-3H3;1H. The van der Waals surface area contributed by atoms with Crippen LogP contribution in [0.5, 0.6) is 0 Å². The largest absolute Gasteiger partial charge is 0.469 e. The minimum absolute atomic E-state index is 0. The molecular weight excluding hydrogens is 298 g/mol. The molecule has 0 fully saturated rings. The molecule has 2 aromatic rings. The molecule has 3 nitrogen and oxygen atoms in total. The molecule has 1 aliphatic rings. The smallest absolute Gasteiger partial charge is 0.307 e. The monoisotopic (exact) mass is 319 g/mol. The Morgan fingerprint density at radius 3 is 2.73 bits per heavy atom. The van der Waals surface area contributed by atoms with E-state index in [1.54, 1.807) is 0 Å². The van der Waals surface area contributed by atoms with E-state index in [-0.39, 0.29) is 30.0 Å². The number of carbonyl (C=O) groups excluding carboxylic acids is 1. The summed E-state index contributed by atoms with van der Waals surface area (Å²) >= 11 is 0. The maximum atomic E-state index is 11.7. The van der Waals surface area contributed by atoms with Gasteiger partial charge in [-0.1, -0.05) is 36.4 Å². The summed E-state index contributed by atoms with van der Waals surface area (Å²) in [6.45, 7) is 4.37. The van der Waals surface area contributed by atoms with Gasteiger partial charge in [-0.25, -0.2) is 0 Å². The Labute approximate surface area is 137 Å². The zero-order valence-electron chi connectivity index (χ0n) is 13.2. The van der Waals surface area contributed by atoms with Crippen LogP contribution in [0.2, 0.25) is 0 Å². The molecule has 0 amide bonds. The van der Waals surface area contributed by atoms with Crippen molar-refractivity contribution >= 4 is 29.1 Å². The van der Waals surface area contributed by atoms with Gasteiger partial charge in [0, 0.05) is 11.6 Å². The lowest BCUT2D eigenvalue weighted by atomic mass is 9.80. The number of rotatable bonds is 2. The predicted octanol–water partition coefficient (Wildman–Crippen LogP) is 3.79. The lowest BCUT2D eigenvalue weighted by molar-refractivity contribution is -0.141. The Morgan fingerprint density at radius 2 is 2.00 bits per heavy atom. The first-order chi connectivity index (χ1) is 10.00. The third-order valence-corrected chi connectivity index (χ3v) is 4.23. The normalized spacial score (nSPS) is 19.1. The molecule has 0 saturated carbocycles. The second-order valence-corrected chi connectivity index (χ2v) is 6.39. The van der Waals surface area contributed by atoms with Gasteiger partial charge in [-0.2, -0.15) is 0 Å². The summed E-state index contributed by atoms with van der Waals surface area (Å²) in [5.41, 5.74) is 2.54. The maximum Gasteiger partial charge on any atom is 0.307 e. The Morgan fingerprint density at radius 1 is 1.27 bits per heavy atom. The van der Waals surface area contributed by atoms with E-state index in [4.69, 9.17) is 4.74 Å². The van der Waals surface area contributed by atoms with Crippen LogP contribution >= 0.6 is 12.4 Å². The molecule has 0 aromatic heterocycles. The number of methoxy groups -OCH3 is 1. The molecule has 118 valence electrons. The van der Waals surface area contributed by atoms with Crippen LogP contribution in [0.1, 0.15) is 37.4 Å². The number of hydrogen-bond acceptors (Lipinski definition) is 3. The Bertz CT molecular complexity index is 697. The average Bonchev–Trinajstić information content (AvgIpc) is 2.46. The number of halogens is 1. The van der Waals surface area contributed by atoms with Crippen LogP contribution in [-0.2, 0) is 16.0 Å². The lowest BCUT2D eigenvalue weighted by Crippen LogP contribution is -2.48. The summed E-state index contributed by atoms with van der Waals surface area (Å²) in [5.74, 6) is -0.177. The highest BCUT2D eigenvalue weighted by Gasteiger charge is 2.33. The number of fused-ring (bicyclic) bond motifs is 3. The van der Waals surface area contributed by atoms with E-state index in [0.717, 1.165) is 6.42 Å².